The van der Waals surface area contributed by atoms with Crippen molar-refractivity contribution >= 4 is 23.2 Å². The van der Waals surface area contributed by atoms with Gasteiger partial charge in [-0.3, -0.25) is 9.69 Å². The van der Waals surface area contributed by atoms with Gasteiger partial charge in [0, 0.05) is 5.69 Å². The van der Waals surface area contributed by atoms with E-state index in [1.807, 2.05) is 30.3 Å². The zero-order chi connectivity index (χ0) is 16.2. The van der Waals surface area contributed by atoms with E-state index >= 15 is 0 Å². The van der Waals surface area contributed by atoms with E-state index in [2.05, 4.69) is 10.2 Å². The average Bonchev–Trinajstić information content (AvgIpc) is 3.06. The SMILES string of the molecule is O=C(Nc1ccc(Cl)c(F)c1)C(c1ccccc1)N1CCCC1. The third-order valence-electron chi connectivity index (χ3n) is 4.06. The van der Waals surface area contributed by atoms with Crippen molar-refractivity contribution in [1.82, 2.24) is 4.90 Å². The van der Waals surface area contributed by atoms with E-state index in [9.17, 15) is 9.18 Å². The number of rotatable bonds is 4. The fraction of sp³-hybridized carbons (Fsp3) is 0.278. The maximum Gasteiger partial charge on any atom is 0.246 e. The Bertz CT molecular complexity index is 687. The molecule has 1 N–H and O–H groups in total. The highest BCUT2D eigenvalue weighted by Crippen LogP contribution is 2.27. The second-order valence-corrected chi connectivity index (χ2v) is 6.08. The first kappa shape index (κ1) is 16.0. The molecule has 1 fully saturated rings. The van der Waals surface area contributed by atoms with Gasteiger partial charge in [0.05, 0.1) is 5.02 Å². The highest BCUT2D eigenvalue weighted by molar-refractivity contribution is 6.30. The molecule has 120 valence electrons. The van der Waals surface area contributed by atoms with E-state index in [1.165, 1.54) is 12.1 Å². The first-order valence-corrected chi connectivity index (χ1v) is 8.08. The van der Waals surface area contributed by atoms with Crippen molar-refractivity contribution in [3.8, 4) is 0 Å². The van der Waals surface area contributed by atoms with Crippen molar-refractivity contribution in [3.05, 3.63) is 64.9 Å². The molecule has 23 heavy (non-hydrogen) atoms. The number of hydrogen-bond acceptors (Lipinski definition) is 2. The number of nitrogens with one attached hydrogen (secondary N) is 1. The third kappa shape index (κ3) is 3.71. The molecular weight excluding hydrogens is 315 g/mol. The fourth-order valence-corrected chi connectivity index (χ4v) is 3.07. The van der Waals surface area contributed by atoms with Gasteiger partial charge in [-0.1, -0.05) is 41.9 Å². The molecule has 1 amide bonds. The Morgan fingerprint density at radius 2 is 1.83 bits per heavy atom. The molecule has 2 aromatic carbocycles. The van der Waals surface area contributed by atoms with Crippen LogP contribution in [0.4, 0.5) is 10.1 Å². The van der Waals surface area contributed by atoms with Crippen LogP contribution in [0.15, 0.2) is 48.5 Å². The number of carbonyl (C=O) groups excluding carboxylic acids is 1. The van der Waals surface area contributed by atoms with Crippen LogP contribution in [0.3, 0.4) is 0 Å². The number of hydrogen-bond donors (Lipinski definition) is 1. The van der Waals surface area contributed by atoms with Gasteiger partial charge in [0.15, 0.2) is 0 Å². The van der Waals surface area contributed by atoms with Gasteiger partial charge in [0.2, 0.25) is 5.91 Å². The summed E-state index contributed by atoms with van der Waals surface area (Å²) >= 11 is 5.68. The van der Waals surface area contributed by atoms with E-state index in [0.29, 0.717) is 5.69 Å². The van der Waals surface area contributed by atoms with Crippen molar-refractivity contribution in [1.29, 1.82) is 0 Å². The summed E-state index contributed by atoms with van der Waals surface area (Å²) in [6, 6.07) is 13.6. The Hall–Kier alpha value is -1.91. The lowest BCUT2D eigenvalue weighted by Crippen LogP contribution is -2.35. The quantitative estimate of drug-likeness (QED) is 0.907. The first-order valence-electron chi connectivity index (χ1n) is 7.70. The maximum atomic E-state index is 13.6. The monoisotopic (exact) mass is 332 g/mol. The molecule has 1 unspecified atom stereocenters. The largest absolute Gasteiger partial charge is 0.324 e. The van der Waals surface area contributed by atoms with Crippen molar-refractivity contribution in [2.75, 3.05) is 18.4 Å². The number of amides is 1. The van der Waals surface area contributed by atoms with Gasteiger partial charge >= 0.3 is 0 Å². The molecule has 1 saturated heterocycles. The van der Waals surface area contributed by atoms with Gasteiger partial charge in [-0.2, -0.15) is 0 Å². The minimum absolute atomic E-state index is 0.0437. The van der Waals surface area contributed by atoms with Crippen LogP contribution in [0.1, 0.15) is 24.4 Å². The molecule has 0 aromatic heterocycles. The lowest BCUT2D eigenvalue weighted by Gasteiger charge is -2.27. The smallest absolute Gasteiger partial charge is 0.246 e. The fourth-order valence-electron chi connectivity index (χ4n) is 2.95. The van der Waals surface area contributed by atoms with Crippen molar-refractivity contribution < 1.29 is 9.18 Å². The highest BCUT2D eigenvalue weighted by atomic mass is 35.5. The minimum atomic E-state index is -0.540. The van der Waals surface area contributed by atoms with Crippen LogP contribution in [0.5, 0.6) is 0 Å². The minimum Gasteiger partial charge on any atom is -0.324 e. The van der Waals surface area contributed by atoms with Crippen LogP contribution < -0.4 is 5.32 Å². The van der Waals surface area contributed by atoms with E-state index in [-0.39, 0.29) is 17.0 Å². The first-order chi connectivity index (χ1) is 11.1. The Kier molecular flexibility index (Phi) is 4.94. The van der Waals surface area contributed by atoms with Gasteiger partial charge in [-0.05, 0) is 49.7 Å². The van der Waals surface area contributed by atoms with Crippen LogP contribution in [0.25, 0.3) is 0 Å². The molecule has 0 bridgehead atoms. The van der Waals surface area contributed by atoms with Crippen LogP contribution in [-0.2, 0) is 4.79 Å². The summed E-state index contributed by atoms with van der Waals surface area (Å²) in [5, 5.41) is 2.85. The molecule has 0 spiro atoms. The Morgan fingerprint density at radius 1 is 1.13 bits per heavy atom. The topological polar surface area (TPSA) is 32.3 Å². The molecule has 1 heterocycles. The van der Waals surface area contributed by atoms with Gasteiger partial charge in [0.25, 0.3) is 0 Å². The van der Waals surface area contributed by atoms with Gasteiger partial charge in [0.1, 0.15) is 11.9 Å². The van der Waals surface area contributed by atoms with Crippen LogP contribution in [0.2, 0.25) is 5.02 Å². The maximum absolute atomic E-state index is 13.6. The summed E-state index contributed by atoms with van der Waals surface area (Å²) in [6.07, 6.45) is 2.18. The zero-order valence-electron chi connectivity index (χ0n) is 12.6. The molecule has 1 atom stereocenters. The predicted molar refractivity (Wildman–Crippen MR) is 90.0 cm³/mol. The molecule has 5 heteroatoms. The summed E-state index contributed by atoms with van der Waals surface area (Å²) in [6.45, 7) is 1.78. The molecule has 0 aliphatic carbocycles. The average molecular weight is 333 g/mol. The van der Waals surface area contributed by atoms with Gasteiger partial charge in [-0.25, -0.2) is 4.39 Å². The zero-order valence-corrected chi connectivity index (χ0v) is 13.4. The molecule has 2 aromatic rings. The Morgan fingerprint density at radius 3 is 2.48 bits per heavy atom. The number of likely N-dealkylation sites (tertiary alicyclic amines) is 1. The Labute approximate surface area is 140 Å². The second kappa shape index (κ2) is 7.11. The number of nitrogens with zero attached hydrogens (tertiary/aromatic N) is 1. The third-order valence-corrected chi connectivity index (χ3v) is 4.36. The summed E-state index contributed by atoms with van der Waals surface area (Å²) in [4.78, 5) is 15.0. The normalized spacial score (nSPS) is 16.3. The van der Waals surface area contributed by atoms with E-state index < -0.39 is 5.82 Å². The molecule has 3 nitrogen and oxygen atoms in total. The lowest BCUT2D eigenvalue weighted by molar-refractivity contribution is -0.121. The summed E-state index contributed by atoms with van der Waals surface area (Å²) < 4.78 is 13.6. The Balaban J connectivity index is 1.83. The van der Waals surface area contributed by atoms with E-state index in [0.717, 1.165) is 31.5 Å². The van der Waals surface area contributed by atoms with Crippen molar-refractivity contribution in [2.45, 2.75) is 18.9 Å². The number of anilines is 1. The van der Waals surface area contributed by atoms with E-state index in [4.69, 9.17) is 11.6 Å². The van der Waals surface area contributed by atoms with Crippen LogP contribution in [0, 0.1) is 5.82 Å². The second-order valence-electron chi connectivity index (χ2n) is 5.67. The van der Waals surface area contributed by atoms with Crippen molar-refractivity contribution in [3.63, 3.8) is 0 Å². The van der Waals surface area contributed by atoms with Crippen LogP contribution >= 0.6 is 11.6 Å². The number of benzene rings is 2. The summed E-state index contributed by atoms with van der Waals surface area (Å²) in [7, 11) is 0. The standard InChI is InChI=1S/C18H18ClFN2O/c19-15-9-8-14(12-16(15)20)21-18(23)17(22-10-4-5-11-22)13-6-2-1-3-7-13/h1-3,6-9,12,17H,4-5,10-11H2,(H,21,23). The molecule has 0 saturated carbocycles. The van der Waals surface area contributed by atoms with Gasteiger partial charge < -0.3 is 5.32 Å². The lowest BCUT2D eigenvalue weighted by atomic mass is 10.0. The predicted octanol–water partition coefficient (Wildman–Crippen LogP) is 4.25. The summed E-state index contributed by atoms with van der Waals surface area (Å²) in [5.74, 6) is -0.693. The van der Waals surface area contributed by atoms with Crippen molar-refractivity contribution in [2.24, 2.45) is 0 Å². The highest BCUT2D eigenvalue weighted by Gasteiger charge is 2.29. The van der Waals surface area contributed by atoms with Crippen LogP contribution in [-0.4, -0.2) is 23.9 Å². The summed E-state index contributed by atoms with van der Waals surface area (Å²) in [5.41, 5.74) is 1.36. The molecule has 1 aliphatic rings. The molecule has 0 radical (unpaired) electrons. The molecule has 3 rings (SSSR count). The van der Waals surface area contributed by atoms with E-state index in [1.54, 1.807) is 6.07 Å². The number of carbonyl (C=O) groups is 1. The molecular formula is C18H18ClFN2O. The van der Waals surface area contributed by atoms with Gasteiger partial charge in [-0.15, -0.1) is 0 Å². The number of halogens is 2. The molecule has 1 aliphatic heterocycles.